The van der Waals surface area contributed by atoms with Gasteiger partial charge in [0.2, 0.25) is 0 Å². The molecule has 2 aromatic heterocycles. The quantitative estimate of drug-likeness (QED) is 0.465. The summed E-state index contributed by atoms with van der Waals surface area (Å²) in [4.78, 5) is 34.0. The fourth-order valence-corrected chi connectivity index (χ4v) is 5.85. The molecular formula is C27H28ClN3O4S. The molecule has 188 valence electrons. The van der Waals surface area contributed by atoms with Gasteiger partial charge in [-0.05, 0) is 56.4 Å². The van der Waals surface area contributed by atoms with Crippen molar-refractivity contribution in [2.75, 3.05) is 24.6 Å². The molecule has 9 heteroatoms. The molecule has 1 atom stereocenters. The Bertz CT molecular complexity index is 1490. The smallest absolute Gasteiger partial charge is 0.338 e. The van der Waals surface area contributed by atoms with Crippen LogP contribution in [0, 0.1) is 5.92 Å². The monoisotopic (exact) mass is 525 g/mol. The first-order chi connectivity index (χ1) is 17.4. The van der Waals surface area contributed by atoms with Crippen LogP contribution in [0.4, 0.5) is 5.88 Å². The van der Waals surface area contributed by atoms with Gasteiger partial charge in [-0.2, -0.15) is 0 Å². The molecule has 1 aromatic carbocycles. The predicted molar refractivity (Wildman–Crippen MR) is 141 cm³/mol. The van der Waals surface area contributed by atoms with Crippen LogP contribution >= 0.6 is 22.9 Å². The largest absolute Gasteiger partial charge is 0.463 e. The van der Waals surface area contributed by atoms with Gasteiger partial charge in [-0.1, -0.05) is 42.0 Å². The van der Waals surface area contributed by atoms with Crippen LogP contribution in [0.25, 0.3) is 6.08 Å². The average Bonchev–Trinajstić information content (AvgIpc) is 3.44. The van der Waals surface area contributed by atoms with E-state index < -0.39 is 12.0 Å². The first-order valence-electron chi connectivity index (χ1n) is 12.2. The highest BCUT2D eigenvalue weighted by molar-refractivity contribution is 7.07. The Labute approximate surface area is 218 Å². The van der Waals surface area contributed by atoms with Crippen molar-refractivity contribution < 1.29 is 13.9 Å². The van der Waals surface area contributed by atoms with E-state index in [2.05, 4.69) is 16.8 Å². The molecule has 1 saturated heterocycles. The number of hydrogen-bond acceptors (Lipinski definition) is 7. The maximum atomic E-state index is 13.7. The number of nitrogens with zero attached hydrogens (tertiary/aromatic N) is 3. The van der Waals surface area contributed by atoms with Crippen LogP contribution in [-0.2, 0) is 9.53 Å². The minimum Gasteiger partial charge on any atom is -0.463 e. The van der Waals surface area contributed by atoms with Crippen molar-refractivity contribution >= 4 is 40.9 Å². The molecule has 0 unspecified atom stereocenters. The highest BCUT2D eigenvalue weighted by Crippen LogP contribution is 2.31. The molecule has 0 N–H and O–H groups in total. The van der Waals surface area contributed by atoms with Crippen LogP contribution in [0.3, 0.4) is 0 Å². The van der Waals surface area contributed by atoms with E-state index in [9.17, 15) is 9.59 Å². The number of anilines is 1. The number of carbonyl (C=O) groups is 1. The van der Waals surface area contributed by atoms with Crippen LogP contribution in [0.2, 0.25) is 5.02 Å². The molecule has 2 aliphatic heterocycles. The highest BCUT2D eigenvalue weighted by atomic mass is 35.5. The number of hydrogen-bond donors (Lipinski definition) is 0. The van der Waals surface area contributed by atoms with E-state index in [1.165, 1.54) is 11.3 Å². The molecule has 0 radical (unpaired) electrons. The van der Waals surface area contributed by atoms with Gasteiger partial charge in [0, 0.05) is 30.3 Å². The third-order valence-electron chi connectivity index (χ3n) is 6.68. The van der Waals surface area contributed by atoms with Gasteiger partial charge in [-0.25, -0.2) is 9.79 Å². The summed E-state index contributed by atoms with van der Waals surface area (Å²) < 4.78 is 13.5. The molecule has 0 saturated carbocycles. The number of halogens is 1. The SMILES string of the molecule is CCOC(=O)C1=C(C)N=c2s/c(=C/c3ccc(N4CCC(C)CC4)o3)c(=O)n2[C@H]1c1ccc(Cl)cc1. The molecule has 0 amide bonds. The number of furan rings is 1. The third kappa shape index (κ3) is 4.67. The van der Waals surface area contributed by atoms with E-state index in [4.69, 9.17) is 20.8 Å². The van der Waals surface area contributed by atoms with E-state index in [0.717, 1.165) is 43.3 Å². The number of thiazole rings is 1. The zero-order valence-corrected chi connectivity index (χ0v) is 22.1. The molecule has 0 spiro atoms. The van der Waals surface area contributed by atoms with Gasteiger partial charge in [0.1, 0.15) is 5.76 Å². The Morgan fingerprint density at radius 3 is 2.64 bits per heavy atom. The van der Waals surface area contributed by atoms with E-state index in [0.29, 0.717) is 31.4 Å². The first kappa shape index (κ1) is 24.6. The minimum atomic E-state index is -0.665. The lowest BCUT2D eigenvalue weighted by Gasteiger charge is -2.29. The summed E-state index contributed by atoms with van der Waals surface area (Å²) in [6, 6.07) is 10.3. The molecule has 3 aromatic rings. The number of ether oxygens (including phenoxy) is 1. The van der Waals surface area contributed by atoms with E-state index >= 15 is 0 Å². The fourth-order valence-electron chi connectivity index (χ4n) is 4.70. The summed E-state index contributed by atoms with van der Waals surface area (Å²) >= 11 is 7.39. The second kappa shape index (κ2) is 10.1. The second-order valence-electron chi connectivity index (χ2n) is 9.20. The normalized spacial score (nSPS) is 18.8. The Morgan fingerprint density at radius 1 is 1.22 bits per heavy atom. The standard InChI is InChI=1S/C27H28ClN3O4S/c1-4-34-26(33)23-17(3)29-27-31(24(23)18-5-7-19(28)8-6-18)25(32)21(36-27)15-20-9-10-22(35-20)30-13-11-16(2)12-14-30/h5-10,15-16,24H,4,11-14H2,1-3H3/b21-15+/t24-/m0/s1. The van der Waals surface area contributed by atoms with Crippen molar-refractivity contribution in [3.05, 3.63) is 83.7 Å². The molecule has 5 rings (SSSR count). The Kier molecular flexibility index (Phi) is 6.90. The number of benzene rings is 1. The fraction of sp³-hybridized carbons (Fsp3) is 0.370. The zero-order valence-electron chi connectivity index (χ0n) is 20.5. The first-order valence-corrected chi connectivity index (χ1v) is 13.3. The number of carbonyl (C=O) groups excluding carboxylic acids is 1. The topological polar surface area (TPSA) is 77.0 Å². The summed E-state index contributed by atoms with van der Waals surface area (Å²) in [5, 5.41) is 0.571. The summed E-state index contributed by atoms with van der Waals surface area (Å²) in [6.45, 7) is 7.95. The van der Waals surface area contributed by atoms with Gasteiger partial charge in [0.25, 0.3) is 5.56 Å². The van der Waals surface area contributed by atoms with Crippen LogP contribution in [0.5, 0.6) is 0 Å². The zero-order chi connectivity index (χ0) is 25.4. The number of piperidine rings is 1. The Balaban J connectivity index is 1.58. The second-order valence-corrected chi connectivity index (χ2v) is 10.6. The lowest BCUT2D eigenvalue weighted by atomic mass is 9.96. The molecule has 36 heavy (non-hydrogen) atoms. The summed E-state index contributed by atoms with van der Waals surface area (Å²) in [6.07, 6.45) is 4.03. The highest BCUT2D eigenvalue weighted by Gasteiger charge is 2.33. The van der Waals surface area contributed by atoms with E-state index in [-0.39, 0.29) is 12.2 Å². The van der Waals surface area contributed by atoms with Crippen LogP contribution in [0.1, 0.15) is 51.0 Å². The van der Waals surface area contributed by atoms with Crippen LogP contribution in [-0.4, -0.2) is 30.2 Å². The molecule has 0 aliphatic carbocycles. The van der Waals surface area contributed by atoms with Crippen molar-refractivity contribution in [2.24, 2.45) is 10.9 Å². The molecule has 0 bridgehead atoms. The predicted octanol–water partition coefficient (Wildman–Crippen LogP) is 4.28. The Hall–Kier alpha value is -3.10. The van der Waals surface area contributed by atoms with Crippen molar-refractivity contribution in [3.8, 4) is 0 Å². The Morgan fingerprint density at radius 2 is 1.94 bits per heavy atom. The van der Waals surface area contributed by atoms with E-state index in [1.807, 2.05) is 24.3 Å². The molecule has 4 heterocycles. The average molecular weight is 526 g/mol. The van der Waals surface area contributed by atoms with Gasteiger partial charge in [0.15, 0.2) is 10.7 Å². The van der Waals surface area contributed by atoms with Crippen molar-refractivity contribution in [3.63, 3.8) is 0 Å². The summed E-state index contributed by atoms with van der Waals surface area (Å²) in [5.74, 6) is 1.67. The summed E-state index contributed by atoms with van der Waals surface area (Å²) in [7, 11) is 0. The van der Waals surface area contributed by atoms with Crippen molar-refractivity contribution in [2.45, 2.75) is 39.7 Å². The van der Waals surface area contributed by atoms with Gasteiger partial charge in [-0.15, -0.1) is 0 Å². The molecule has 2 aliphatic rings. The third-order valence-corrected chi connectivity index (χ3v) is 7.92. The van der Waals surface area contributed by atoms with Gasteiger partial charge in [0.05, 0.1) is 28.5 Å². The van der Waals surface area contributed by atoms with Gasteiger partial charge < -0.3 is 14.1 Å². The summed E-state index contributed by atoms with van der Waals surface area (Å²) in [5.41, 5.74) is 1.39. The van der Waals surface area contributed by atoms with Crippen molar-refractivity contribution in [1.82, 2.24) is 4.57 Å². The number of esters is 1. The maximum Gasteiger partial charge on any atom is 0.338 e. The maximum absolute atomic E-state index is 13.7. The van der Waals surface area contributed by atoms with Crippen molar-refractivity contribution in [1.29, 1.82) is 0 Å². The minimum absolute atomic E-state index is 0.226. The number of fused-ring (bicyclic) bond motifs is 1. The molecule has 1 fully saturated rings. The number of rotatable bonds is 5. The molecular weight excluding hydrogens is 498 g/mol. The number of allylic oxidation sites excluding steroid dienone is 1. The van der Waals surface area contributed by atoms with Gasteiger partial charge in [-0.3, -0.25) is 9.36 Å². The van der Waals surface area contributed by atoms with Crippen LogP contribution in [0.15, 0.2) is 61.9 Å². The molecule has 7 nitrogen and oxygen atoms in total. The number of aromatic nitrogens is 1. The van der Waals surface area contributed by atoms with Crippen LogP contribution < -0.4 is 19.8 Å². The van der Waals surface area contributed by atoms with Gasteiger partial charge >= 0.3 is 5.97 Å². The lowest BCUT2D eigenvalue weighted by Crippen LogP contribution is -2.39. The van der Waals surface area contributed by atoms with E-state index in [1.54, 1.807) is 36.6 Å². The lowest BCUT2D eigenvalue weighted by molar-refractivity contribution is -0.139.